The number of carbonyl (C=O) groups is 2. The van der Waals surface area contributed by atoms with Gasteiger partial charge in [-0.25, -0.2) is 0 Å². The Morgan fingerprint density at radius 3 is 2.31 bits per heavy atom. The van der Waals surface area contributed by atoms with Crippen LogP contribution in [0, 0.1) is 29.6 Å². The van der Waals surface area contributed by atoms with Crippen LogP contribution in [0.2, 0.25) is 0 Å². The van der Waals surface area contributed by atoms with E-state index in [-0.39, 0.29) is 28.4 Å². The number of hydrogen-bond donors (Lipinski definition) is 0. The fourth-order valence-electron chi connectivity index (χ4n) is 5.65. The zero-order chi connectivity index (χ0) is 18.7. The van der Waals surface area contributed by atoms with Crippen LogP contribution < -0.4 is 4.90 Å². The molecule has 0 aromatic heterocycles. The fraction of sp³-hybridized carbons (Fsp3) is 0.636. The molecule has 3 fully saturated rings. The monoisotopic (exact) mass is 354 g/mol. The summed E-state index contributed by atoms with van der Waals surface area (Å²) < 4.78 is 0. The molecule has 1 aromatic rings. The molecular weight excluding hydrogens is 324 g/mol. The second kappa shape index (κ2) is 5.83. The highest BCUT2D eigenvalue weighted by molar-refractivity contribution is 6.07. The second-order valence-electron chi connectivity index (χ2n) is 9.14. The normalized spacial score (nSPS) is 33.0. The summed E-state index contributed by atoms with van der Waals surface area (Å²) in [6.45, 7) is 11.7. The Hall–Kier alpha value is -1.84. The molecule has 1 aromatic carbocycles. The molecule has 0 N–H and O–H groups in total. The quantitative estimate of drug-likeness (QED) is 0.765. The third kappa shape index (κ3) is 2.27. The van der Waals surface area contributed by atoms with Gasteiger partial charge in [0.2, 0.25) is 5.91 Å². The van der Waals surface area contributed by atoms with Gasteiger partial charge in [0.05, 0.1) is 0 Å². The number of anilines is 1. The molecule has 0 spiro atoms. The van der Waals surface area contributed by atoms with Crippen LogP contribution in [0.4, 0.5) is 5.69 Å². The first kappa shape index (κ1) is 17.6. The number of nitrogens with zero attached hydrogens (tertiary/aromatic N) is 2. The van der Waals surface area contributed by atoms with Crippen LogP contribution in [0.15, 0.2) is 24.3 Å². The fourth-order valence-corrected chi connectivity index (χ4v) is 5.65. The van der Waals surface area contributed by atoms with E-state index in [4.69, 9.17) is 0 Å². The van der Waals surface area contributed by atoms with Crippen molar-refractivity contribution in [2.75, 3.05) is 31.1 Å². The zero-order valence-electron chi connectivity index (χ0n) is 16.4. The maximum atomic E-state index is 13.2. The number of fused-ring (bicyclic) bond motifs is 2. The molecule has 1 aliphatic heterocycles. The molecule has 4 heteroatoms. The number of para-hydroxylation sites is 1. The van der Waals surface area contributed by atoms with E-state index in [0.29, 0.717) is 13.1 Å². The minimum absolute atomic E-state index is 0.0621. The Bertz CT molecular complexity index is 748. The van der Waals surface area contributed by atoms with E-state index in [9.17, 15) is 9.59 Å². The maximum absolute atomic E-state index is 13.2. The molecule has 1 amide bonds. The van der Waals surface area contributed by atoms with Crippen LogP contribution >= 0.6 is 0 Å². The standard InChI is InChI=1S/C22H30N2O2/c1-15-7-5-6-8-17(15)23-11-13-24(14-12-23)20(26)18-16-9-10-22(4,19(18)25)21(16,2)3/h5-8,16,18H,9-14H2,1-4H3. The van der Waals surface area contributed by atoms with Crippen molar-refractivity contribution in [3.05, 3.63) is 29.8 Å². The molecule has 1 saturated heterocycles. The summed E-state index contributed by atoms with van der Waals surface area (Å²) in [5, 5.41) is 0. The lowest BCUT2D eigenvalue weighted by atomic mass is 9.70. The van der Waals surface area contributed by atoms with Crippen molar-refractivity contribution in [3.8, 4) is 0 Å². The van der Waals surface area contributed by atoms with Gasteiger partial charge in [0.1, 0.15) is 5.92 Å². The highest BCUT2D eigenvalue weighted by Crippen LogP contribution is 2.65. The Morgan fingerprint density at radius 1 is 1.08 bits per heavy atom. The highest BCUT2D eigenvalue weighted by atomic mass is 16.2. The maximum Gasteiger partial charge on any atom is 0.233 e. The lowest BCUT2D eigenvalue weighted by Gasteiger charge is -2.38. The first-order valence-electron chi connectivity index (χ1n) is 9.91. The van der Waals surface area contributed by atoms with E-state index in [2.05, 4.69) is 56.9 Å². The lowest BCUT2D eigenvalue weighted by molar-refractivity contribution is -0.145. The second-order valence-corrected chi connectivity index (χ2v) is 9.14. The first-order valence-corrected chi connectivity index (χ1v) is 9.91. The number of amides is 1. The zero-order valence-corrected chi connectivity index (χ0v) is 16.4. The van der Waals surface area contributed by atoms with Crippen molar-refractivity contribution in [1.29, 1.82) is 0 Å². The molecule has 26 heavy (non-hydrogen) atoms. The molecule has 0 radical (unpaired) electrons. The lowest BCUT2D eigenvalue weighted by Crippen LogP contribution is -2.52. The van der Waals surface area contributed by atoms with E-state index < -0.39 is 5.92 Å². The van der Waals surface area contributed by atoms with Crippen molar-refractivity contribution in [3.63, 3.8) is 0 Å². The summed E-state index contributed by atoms with van der Waals surface area (Å²) in [5.74, 6) is 0.0849. The van der Waals surface area contributed by atoms with Crippen molar-refractivity contribution in [1.82, 2.24) is 4.90 Å². The van der Waals surface area contributed by atoms with Gasteiger partial charge in [-0.3, -0.25) is 9.59 Å². The Labute approximate surface area is 156 Å². The summed E-state index contributed by atoms with van der Waals surface area (Å²) >= 11 is 0. The van der Waals surface area contributed by atoms with Crippen LogP contribution in [-0.2, 0) is 9.59 Å². The van der Waals surface area contributed by atoms with E-state index in [1.54, 1.807) is 0 Å². The molecule has 140 valence electrons. The molecule has 3 unspecified atom stereocenters. The van der Waals surface area contributed by atoms with Crippen LogP contribution in [0.3, 0.4) is 0 Å². The van der Waals surface area contributed by atoms with Gasteiger partial charge >= 0.3 is 0 Å². The molecule has 4 nitrogen and oxygen atoms in total. The van der Waals surface area contributed by atoms with Gasteiger partial charge in [-0.15, -0.1) is 0 Å². The van der Waals surface area contributed by atoms with E-state index >= 15 is 0 Å². The van der Waals surface area contributed by atoms with Crippen LogP contribution in [0.1, 0.15) is 39.2 Å². The van der Waals surface area contributed by atoms with Gasteiger partial charge in [-0.05, 0) is 42.7 Å². The predicted molar refractivity (Wildman–Crippen MR) is 103 cm³/mol. The van der Waals surface area contributed by atoms with Gasteiger partial charge in [0, 0.05) is 37.3 Å². The number of benzene rings is 1. The number of ketones is 1. The van der Waals surface area contributed by atoms with Crippen molar-refractivity contribution in [2.24, 2.45) is 22.7 Å². The number of piperazine rings is 1. The van der Waals surface area contributed by atoms with Crippen molar-refractivity contribution in [2.45, 2.75) is 40.5 Å². The van der Waals surface area contributed by atoms with Gasteiger partial charge in [0.15, 0.2) is 5.78 Å². The minimum atomic E-state index is -0.409. The molecule has 2 bridgehead atoms. The van der Waals surface area contributed by atoms with Gasteiger partial charge in [-0.1, -0.05) is 39.0 Å². The topological polar surface area (TPSA) is 40.6 Å². The molecular formula is C22H30N2O2. The van der Waals surface area contributed by atoms with Gasteiger partial charge < -0.3 is 9.80 Å². The molecule has 1 heterocycles. The van der Waals surface area contributed by atoms with Gasteiger partial charge in [-0.2, -0.15) is 0 Å². The average molecular weight is 354 g/mol. The van der Waals surface area contributed by atoms with Crippen LogP contribution in [0.5, 0.6) is 0 Å². The largest absolute Gasteiger partial charge is 0.368 e. The molecule has 3 aliphatic rings. The van der Waals surface area contributed by atoms with Crippen LogP contribution in [0.25, 0.3) is 0 Å². The Kier molecular flexibility index (Phi) is 3.94. The Morgan fingerprint density at radius 2 is 1.73 bits per heavy atom. The van der Waals surface area contributed by atoms with Crippen molar-refractivity contribution >= 4 is 17.4 Å². The molecule has 4 rings (SSSR count). The summed E-state index contributed by atoms with van der Waals surface area (Å²) in [5.41, 5.74) is 2.14. The third-order valence-electron chi connectivity index (χ3n) is 7.85. The highest BCUT2D eigenvalue weighted by Gasteiger charge is 2.68. The SMILES string of the molecule is Cc1ccccc1N1CCN(C(=O)C2C(=O)C3(C)CCC2C3(C)C)CC1. The molecule has 2 aliphatic carbocycles. The summed E-state index contributed by atoms with van der Waals surface area (Å²) in [6, 6.07) is 8.40. The van der Waals surface area contributed by atoms with E-state index in [0.717, 1.165) is 25.9 Å². The minimum Gasteiger partial charge on any atom is -0.368 e. The smallest absolute Gasteiger partial charge is 0.233 e. The predicted octanol–water partition coefficient (Wildman–Crippen LogP) is 3.29. The molecule has 2 saturated carbocycles. The number of Topliss-reactive ketones (excluding diaryl/α,β-unsaturated/α-hetero) is 1. The Balaban J connectivity index is 1.47. The first-order chi connectivity index (χ1) is 12.3. The van der Waals surface area contributed by atoms with Crippen molar-refractivity contribution < 1.29 is 9.59 Å². The number of hydrogen-bond acceptors (Lipinski definition) is 3. The van der Waals surface area contributed by atoms with Crippen LogP contribution in [-0.4, -0.2) is 42.8 Å². The average Bonchev–Trinajstić information content (AvgIpc) is 2.94. The summed E-state index contributed by atoms with van der Waals surface area (Å²) in [4.78, 5) is 30.6. The number of carbonyl (C=O) groups excluding carboxylic acids is 2. The molecule has 3 atom stereocenters. The van der Waals surface area contributed by atoms with Gasteiger partial charge in [0.25, 0.3) is 0 Å². The van der Waals surface area contributed by atoms with E-state index in [1.165, 1.54) is 11.3 Å². The number of aryl methyl sites for hydroxylation is 1. The summed E-state index contributed by atoms with van der Waals surface area (Å²) in [7, 11) is 0. The third-order valence-corrected chi connectivity index (χ3v) is 7.85. The van der Waals surface area contributed by atoms with E-state index in [1.807, 2.05) is 4.90 Å². The number of rotatable bonds is 2. The summed E-state index contributed by atoms with van der Waals surface area (Å²) in [6.07, 6.45) is 1.95.